The van der Waals surface area contributed by atoms with E-state index in [1.807, 2.05) is 18.2 Å². The number of rotatable bonds is 7. The number of hydrogen-bond acceptors (Lipinski definition) is 4. The lowest BCUT2D eigenvalue weighted by molar-refractivity contribution is -0.116. The van der Waals surface area contributed by atoms with E-state index in [9.17, 15) is 9.59 Å². The molecule has 0 aromatic heterocycles. The summed E-state index contributed by atoms with van der Waals surface area (Å²) < 4.78 is 10.7. The normalized spacial score (nSPS) is 10.0. The molecule has 2 rings (SSSR count). The smallest absolute Gasteiger partial charge is 0.224 e. The predicted octanol–water partition coefficient (Wildman–Crippen LogP) is 3.23. The Morgan fingerprint density at radius 2 is 1.48 bits per heavy atom. The van der Waals surface area contributed by atoms with Crippen LogP contribution in [0.15, 0.2) is 42.5 Å². The number of hydrogen-bond donors (Lipinski definition) is 2. The monoisotopic (exact) mass is 342 g/mol. The van der Waals surface area contributed by atoms with E-state index in [0.29, 0.717) is 29.3 Å². The van der Waals surface area contributed by atoms with E-state index in [1.54, 1.807) is 38.5 Å². The van der Waals surface area contributed by atoms with E-state index in [4.69, 9.17) is 9.47 Å². The molecule has 2 aromatic carbocycles. The minimum atomic E-state index is -0.160. The summed E-state index contributed by atoms with van der Waals surface area (Å²) >= 11 is 0. The van der Waals surface area contributed by atoms with Crippen LogP contribution in [0.25, 0.3) is 0 Å². The average molecular weight is 342 g/mol. The molecule has 132 valence electrons. The van der Waals surface area contributed by atoms with Crippen molar-refractivity contribution in [2.24, 2.45) is 0 Å². The Labute approximate surface area is 147 Å². The van der Waals surface area contributed by atoms with Gasteiger partial charge < -0.3 is 20.1 Å². The standard InChI is InChI=1S/C19H22N2O4/c1-13(22)20-14-6-4-7-15(12-14)21-19(23)11-10-16-17(24-2)8-5-9-18(16)25-3/h4-9,12H,10-11H2,1-3H3,(H,20,22)(H,21,23). The van der Waals surface area contributed by atoms with Gasteiger partial charge in [-0.3, -0.25) is 9.59 Å². The summed E-state index contributed by atoms with van der Waals surface area (Å²) in [6.45, 7) is 1.44. The van der Waals surface area contributed by atoms with Crippen LogP contribution < -0.4 is 20.1 Å². The second-order valence-electron chi connectivity index (χ2n) is 5.45. The summed E-state index contributed by atoms with van der Waals surface area (Å²) in [6, 6.07) is 12.5. The molecular weight excluding hydrogens is 320 g/mol. The number of benzene rings is 2. The summed E-state index contributed by atoms with van der Waals surface area (Å²) in [7, 11) is 3.18. The SMILES string of the molecule is COc1cccc(OC)c1CCC(=O)Nc1cccc(NC(C)=O)c1. The van der Waals surface area contributed by atoms with E-state index >= 15 is 0 Å². The van der Waals surface area contributed by atoms with Crippen molar-refractivity contribution in [2.75, 3.05) is 24.9 Å². The lowest BCUT2D eigenvalue weighted by Gasteiger charge is -2.13. The Morgan fingerprint density at radius 1 is 0.920 bits per heavy atom. The van der Waals surface area contributed by atoms with Crippen molar-refractivity contribution in [2.45, 2.75) is 19.8 Å². The highest BCUT2D eigenvalue weighted by molar-refractivity contribution is 5.93. The highest BCUT2D eigenvalue weighted by atomic mass is 16.5. The Balaban J connectivity index is 2.01. The number of amides is 2. The Bertz CT molecular complexity index is 737. The summed E-state index contributed by atoms with van der Waals surface area (Å²) in [5, 5.41) is 5.51. The molecule has 0 bridgehead atoms. The number of carbonyl (C=O) groups is 2. The highest BCUT2D eigenvalue weighted by Crippen LogP contribution is 2.29. The molecule has 0 aliphatic heterocycles. The van der Waals surface area contributed by atoms with Gasteiger partial charge in [-0.2, -0.15) is 0 Å². The van der Waals surface area contributed by atoms with Crippen molar-refractivity contribution in [1.29, 1.82) is 0 Å². The molecule has 6 heteroatoms. The Hall–Kier alpha value is -3.02. The van der Waals surface area contributed by atoms with Gasteiger partial charge >= 0.3 is 0 Å². The van der Waals surface area contributed by atoms with Gasteiger partial charge in [0.05, 0.1) is 14.2 Å². The predicted molar refractivity (Wildman–Crippen MR) is 97.2 cm³/mol. The molecule has 0 saturated carbocycles. The first-order valence-electron chi connectivity index (χ1n) is 7.91. The van der Waals surface area contributed by atoms with Gasteiger partial charge in [0.1, 0.15) is 11.5 Å². The third-order valence-corrected chi connectivity index (χ3v) is 3.60. The first-order chi connectivity index (χ1) is 12.0. The minimum absolute atomic E-state index is 0.132. The molecule has 2 amide bonds. The van der Waals surface area contributed by atoms with Gasteiger partial charge in [0.15, 0.2) is 0 Å². The molecule has 2 N–H and O–H groups in total. The topological polar surface area (TPSA) is 76.7 Å². The fourth-order valence-electron chi connectivity index (χ4n) is 2.51. The zero-order valence-corrected chi connectivity index (χ0v) is 14.6. The third kappa shape index (κ3) is 5.24. The first-order valence-corrected chi connectivity index (χ1v) is 7.91. The number of carbonyl (C=O) groups excluding carboxylic acids is 2. The molecule has 0 aliphatic carbocycles. The maximum Gasteiger partial charge on any atom is 0.224 e. The first kappa shape index (κ1) is 18.3. The van der Waals surface area contributed by atoms with Crippen LogP contribution in [0.3, 0.4) is 0 Å². The van der Waals surface area contributed by atoms with Crippen LogP contribution >= 0.6 is 0 Å². The molecule has 0 unspecified atom stereocenters. The van der Waals surface area contributed by atoms with E-state index in [1.165, 1.54) is 6.92 Å². The second-order valence-corrected chi connectivity index (χ2v) is 5.45. The van der Waals surface area contributed by atoms with Gasteiger partial charge in [-0.1, -0.05) is 12.1 Å². The number of nitrogens with one attached hydrogen (secondary N) is 2. The number of ether oxygens (including phenoxy) is 2. The van der Waals surface area contributed by atoms with Crippen LogP contribution in [0.5, 0.6) is 11.5 Å². The fourth-order valence-corrected chi connectivity index (χ4v) is 2.51. The van der Waals surface area contributed by atoms with Crippen molar-refractivity contribution >= 4 is 23.2 Å². The number of anilines is 2. The molecule has 0 atom stereocenters. The third-order valence-electron chi connectivity index (χ3n) is 3.60. The van der Waals surface area contributed by atoms with E-state index in [0.717, 1.165) is 5.56 Å². The van der Waals surface area contributed by atoms with E-state index in [2.05, 4.69) is 10.6 Å². The molecule has 0 aliphatic rings. The number of methoxy groups -OCH3 is 2. The zero-order valence-electron chi connectivity index (χ0n) is 14.6. The zero-order chi connectivity index (χ0) is 18.2. The van der Waals surface area contributed by atoms with Crippen LogP contribution in [-0.4, -0.2) is 26.0 Å². The summed E-state index contributed by atoms with van der Waals surface area (Å²) in [5.74, 6) is 1.10. The molecule has 25 heavy (non-hydrogen) atoms. The van der Waals surface area contributed by atoms with Crippen LogP contribution in [0.1, 0.15) is 18.9 Å². The molecule has 0 saturated heterocycles. The van der Waals surface area contributed by atoms with Gasteiger partial charge in [-0.25, -0.2) is 0 Å². The van der Waals surface area contributed by atoms with Crippen LogP contribution in [0.4, 0.5) is 11.4 Å². The van der Waals surface area contributed by atoms with Crippen LogP contribution in [-0.2, 0) is 16.0 Å². The Kier molecular flexibility index (Phi) is 6.39. The lowest BCUT2D eigenvalue weighted by Crippen LogP contribution is -2.13. The van der Waals surface area contributed by atoms with Crippen LogP contribution in [0, 0.1) is 0 Å². The molecule has 0 fully saturated rings. The van der Waals surface area contributed by atoms with Gasteiger partial charge in [-0.05, 0) is 36.8 Å². The van der Waals surface area contributed by atoms with E-state index < -0.39 is 0 Å². The van der Waals surface area contributed by atoms with E-state index in [-0.39, 0.29) is 18.2 Å². The molecule has 0 heterocycles. The molecule has 0 radical (unpaired) electrons. The van der Waals surface area contributed by atoms with Crippen molar-refractivity contribution in [1.82, 2.24) is 0 Å². The van der Waals surface area contributed by atoms with Crippen molar-refractivity contribution in [3.8, 4) is 11.5 Å². The summed E-state index contributed by atoms with van der Waals surface area (Å²) in [6.07, 6.45) is 0.769. The quantitative estimate of drug-likeness (QED) is 0.810. The average Bonchev–Trinajstić information content (AvgIpc) is 2.59. The summed E-state index contributed by atoms with van der Waals surface area (Å²) in [4.78, 5) is 23.3. The van der Waals surface area contributed by atoms with Crippen LogP contribution in [0.2, 0.25) is 0 Å². The van der Waals surface area contributed by atoms with Gasteiger partial charge in [-0.15, -0.1) is 0 Å². The summed E-state index contributed by atoms with van der Waals surface area (Å²) in [5.41, 5.74) is 2.12. The largest absolute Gasteiger partial charge is 0.496 e. The van der Waals surface area contributed by atoms with Gasteiger partial charge in [0.2, 0.25) is 11.8 Å². The lowest BCUT2D eigenvalue weighted by atomic mass is 10.1. The van der Waals surface area contributed by atoms with Crippen molar-refractivity contribution in [3.63, 3.8) is 0 Å². The maximum atomic E-state index is 12.2. The Morgan fingerprint density at radius 3 is 2.04 bits per heavy atom. The van der Waals surface area contributed by atoms with Crippen molar-refractivity contribution in [3.05, 3.63) is 48.0 Å². The fraction of sp³-hybridized carbons (Fsp3) is 0.263. The van der Waals surface area contributed by atoms with Crippen molar-refractivity contribution < 1.29 is 19.1 Å². The molecular formula is C19H22N2O4. The molecule has 2 aromatic rings. The molecule has 6 nitrogen and oxygen atoms in total. The van der Waals surface area contributed by atoms with Gasteiger partial charge in [0, 0.05) is 30.3 Å². The van der Waals surface area contributed by atoms with Gasteiger partial charge in [0.25, 0.3) is 0 Å². The maximum absolute atomic E-state index is 12.2. The highest BCUT2D eigenvalue weighted by Gasteiger charge is 2.12. The minimum Gasteiger partial charge on any atom is -0.496 e. The second kappa shape index (κ2) is 8.73. The molecule has 0 spiro atoms.